The van der Waals surface area contributed by atoms with Crippen molar-refractivity contribution in [1.29, 1.82) is 0 Å². The first-order valence-corrected chi connectivity index (χ1v) is 9.26. The molecule has 4 nitrogen and oxygen atoms in total. The SMILES string of the molecule is CCCC[N+](CCCC)(CCCC)CCCC.NCC(=O)[O-]. The van der Waals surface area contributed by atoms with Gasteiger partial charge >= 0.3 is 0 Å². The van der Waals surface area contributed by atoms with E-state index in [1.165, 1.54) is 82.0 Å². The zero-order chi connectivity index (χ0) is 17.3. The quantitative estimate of drug-likeness (QED) is 0.531. The number of rotatable bonds is 13. The van der Waals surface area contributed by atoms with Crippen LogP contribution < -0.4 is 10.8 Å². The van der Waals surface area contributed by atoms with E-state index in [1.807, 2.05) is 0 Å². The van der Waals surface area contributed by atoms with Crippen LogP contribution in [-0.4, -0.2) is 43.2 Å². The molecule has 22 heavy (non-hydrogen) atoms. The minimum Gasteiger partial charge on any atom is -0.549 e. The standard InChI is InChI=1S/C16H36N.C2H5NO2/c1-5-9-13-17(14-10-6-2,15-11-7-3)16-12-8-4;3-1-2(4)5/h5-16H2,1-4H3;1,3H2,(H,4,5)/q+1;/p-1. The summed E-state index contributed by atoms with van der Waals surface area (Å²) < 4.78 is 1.42. The molecule has 134 valence electrons. The Bertz CT molecular complexity index is 208. The second kappa shape index (κ2) is 16.8. The molecule has 0 aliphatic heterocycles. The Morgan fingerprint density at radius 3 is 1.14 bits per heavy atom. The van der Waals surface area contributed by atoms with Gasteiger partial charge in [-0.3, -0.25) is 0 Å². The Morgan fingerprint density at radius 1 is 0.773 bits per heavy atom. The van der Waals surface area contributed by atoms with Gasteiger partial charge < -0.3 is 20.1 Å². The number of quaternary nitrogens is 1. The number of carboxylic acid groups (broad SMARTS) is 1. The van der Waals surface area contributed by atoms with E-state index in [-0.39, 0.29) is 6.54 Å². The summed E-state index contributed by atoms with van der Waals surface area (Å²) in [7, 11) is 0. The number of carbonyl (C=O) groups is 1. The molecule has 0 heterocycles. The van der Waals surface area contributed by atoms with E-state index in [9.17, 15) is 0 Å². The summed E-state index contributed by atoms with van der Waals surface area (Å²) in [4.78, 5) is 9.13. The number of hydrogen-bond donors (Lipinski definition) is 1. The van der Waals surface area contributed by atoms with Crippen LogP contribution in [0.1, 0.15) is 79.1 Å². The number of carboxylic acids is 1. The molecule has 2 N–H and O–H groups in total. The van der Waals surface area contributed by atoms with Gasteiger partial charge in [-0.1, -0.05) is 53.4 Å². The highest BCUT2D eigenvalue weighted by Gasteiger charge is 2.24. The summed E-state index contributed by atoms with van der Waals surface area (Å²) >= 11 is 0. The van der Waals surface area contributed by atoms with Crippen LogP contribution in [0.4, 0.5) is 0 Å². The van der Waals surface area contributed by atoms with Gasteiger partial charge in [-0.25, -0.2) is 0 Å². The lowest BCUT2D eigenvalue weighted by Gasteiger charge is -2.39. The second-order valence-corrected chi connectivity index (χ2v) is 6.23. The van der Waals surface area contributed by atoms with Crippen LogP contribution in [0.2, 0.25) is 0 Å². The molecule has 0 bridgehead atoms. The normalized spacial score (nSPS) is 11.0. The molecule has 0 saturated carbocycles. The molecule has 0 amide bonds. The van der Waals surface area contributed by atoms with Gasteiger partial charge in [0.05, 0.1) is 32.1 Å². The summed E-state index contributed by atoms with van der Waals surface area (Å²) in [6.45, 7) is 14.6. The Balaban J connectivity index is 0. The van der Waals surface area contributed by atoms with E-state index in [0.717, 1.165) is 0 Å². The summed E-state index contributed by atoms with van der Waals surface area (Å²) in [5.41, 5.74) is 4.51. The van der Waals surface area contributed by atoms with Crippen molar-refractivity contribution in [1.82, 2.24) is 0 Å². The lowest BCUT2D eigenvalue weighted by Crippen LogP contribution is -2.50. The Labute approximate surface area is 138 Å². The molecule has 0 radical (unpaired) electrons. The minimum atomic E-state index is -1.22. The van der Waals surface area contributed by atoms with Crippen molar-refractivity contribution in [3.63, 3.8) is 0 Å². The zero-order valence-corrected chi connectivity index (χ0v) is 15.5. The van der Waals surface area contributed by atoms with Crippen molar-refractivity contribution in [2.45, 2.75) is 79.1 Å². The molecule has 0 aromatic heterocycles. The summed E-state index contributed by atoms with van der Waals surface area (Å²) in [5.74, 6) is -1.22. The van der Waals surface area contributed by atoms with Crippen molar-refractivity contribution in [3.05, 3.63) is 0 Å². The Morgan fingerprint density at radius 2 is 1.00 bits per heavy atom. The first-order chi connectivity index (χ1) is 10.5. The highest BCUT2D eigenvalue weighted by molar-refractivity contribution is 5.66. The molecule has 0 aliphatic rings. The third-order valence-electron chi connectivity index (χ3n) is 4.11. The van der Waals surface area contributed by atoms with Crippen LogP contribution in [-0.2, 0) is 4.79 Å². The molecule has 0 spiro atoms. The summed E-state index contributed by atoms with van der Waals surface area (Å²) in [6.07, 6.45) is 11.1. The van der Waals surface area contributed by atoms with E-state index in [2.05, 4.69) is 33.4 Å². The number of hydrogen-bond acceptors (Lipinski definition) is 3. The number of unbranched alkanes of at least 4 members (excludes halogenated alkanes) is 4. The van der Waals surface area contributed by atoms with Gasteiger partial charge in [-0.2, -0.15) is 0 Å². The average Bonchev–Trinajstić information content (AvgIpc) is 2.54. The third-order valence-corrected chi connectivity index (χ3v) is 4.11. The van der Waals surface area contributed by atoms with E-state index < -0.39 is 5.97 Å². The van der Waals surface area contributed by atoms with Gasteiger partial charge in [-0.05, 0) is 25.7 Å². The Hall–Kier alpha value is -0.610. The number of nitrogens with two attached hydrogens (primary N) is 1. The minimum absolute atomic E-state index is 0.389. The lowest BCUT2D eigenvalue weighted by atomic mass is 10.1. The monoisotopic (exact) mass is 316 g/mol. The van der Waals surface area contributed by atoms with E-state index in [4.69, 9.17) is 9.90 Å². The van der Waals surface area contributed by atoms with Crippen LogP contribution in [0.3, 0.4) is 0 Å². The number of carbonyl (C=O) groups excluding carboxylic acids is 1. The molecule has 0 saturated heterocycles. The molecule has 0 rings (SSSR count). The van der Waals surface area contributed by atoms with Crippen LogP contribution in [0, 0.1) is 0 Å². The first-order valence-electron chi connectivity index (χ1n) is 9.26. The largest absolute Gasteiger partial charge is 0.549 e. The third kappa shape index (κ3) is 14.3. The van der Waals surface area contributed by atoms with Crippen molar-refractivity contribution in [2.75, 3.05) is 32.7 Å². The van der Waals surface area contributed by atoms with E-state index in [0.29, 0.717) is 0 Å². The van der Waals surface area contributed by atoms with Crippen LogP contribution in [0.5, 0.6) is 0 Å². The van der Waals surface area contributed by atoms with Crippen LogP contribution >= 0.6 is 0 Å². The molecule has 0 unspecified atom stereocenters. The lowest BCUT2D eigenvalue weighted by molar-refractivity contribution is -0.929. The molecule has 4 heteroatoms. The zero-order valence-electron chi connectivity index (χ0n) is 15.5. The average molecular weight is 317 g/mol. The Kier molecular flexibility index (Phi) is 18.0. The fraction of sp³-hybridized carbons (Fsp3) is 0.944. The maximum absolute atomic E-state index is 9.13. The van der Waals surface area contributed by atoms with Gasteiger partial charge in [0.25, 0.3) is 0 Å². The van der Waals surface area contributed by atoms with Crippen molar-refractivity contribution < 1.29 is 14.4 Å². The predicted molar refractivity (Wildman–Crippen MR) is 93.4 cm³/mol. The molecular weight excluding hydrogens is 276 g/mol. The molecule has 0 fully saturated rings. The van der Waals surface area contributed by atoms with Gasteiger partial charge in [-0.15, -0.1) is 0 Å². The fourth-order valence-corrected chi connectivity index (χ4v) is 2.64. The second-order valence-electron chi connectivity index (χ2n) is 6.23. The van der Waals surface area contributed by atoms with Crippen molar-refractivity contribution in [2.24, 2.45) is 5.73 Å². The van der Waals surface area contributed by atoms with Gasteiger partial charge in [0.1, 0.15) is 0 Å². The van der Waals surface area contributed by atoms with E-state index in [1.54, 1.807) is 0 Å². The predicted octanol–water partition coefficient (Wildman–Crippen LogP) is 2.70. The van der Waals surface area contributed by atoms with Crippen LogP contribution in [0.15, 0.2) is 0 Å². The molecule has 0 aromatic carbocycles. The maximum atomic E-state index is 9.13. The fourth-order valence-electron chi connectivity index (χ4n) is 2.64. The van der Waals surface area contributed by atoms with Crippen molar-refractivity contribution in [3.8, 4) is 0 Å². The van der Waals surface area contributed by atoms with E-state index >= 15 is 0 Å². The summed E-state index contributed by atoms with van der Waals surface area (Å²) in [6, 6.07) is 0. The van der Waals surface area contributed by atoms with Crippen molar-refractivity contribution >= 4 is 5.97 Å². The highest BCUT2D eigenvalue weighted by atomic mass is 16.4. The molecular formula is C18H40N2O2. The van der Waals surface area contributed by atoms with Gasteiger partial charge in [0.15, 0.2) is 0 Å². The molecule has 0 aliphatic carbocycles. The van der Waals surface area contributed by atoms with Crippen LogP contribution in [0.25, 0.3) is 0 Å². The number of aliphatic carboxylic acids is 1. The van der Waals surface area contributed by atoms with Gasteiger partial charge in [0, 0.05) is 6.54 Å². The highest BCUT2D eigenvalue weighted by Crippen LogP contribution is 2.16. The molecule has 0 atom stereocenters. The van der Waals surface area contributed by atoms with Gasteiger partial charge in [0.2, 0.25) is 0 Å². The topological polar surface area (TPSA) is 66.2 Å². The number of nitrogens with zero attached hydrogens (tertiary/aromatic N) is 1. The smallest absolute Gasteiger partial charge is 0.0786 e. The summed E-state index contributed by atoms with van der Waals surface area (Å²) in [5, 5.41) is 9.13. The maximum Gasteiger partial charge on any atom is 0.0786 e. The first kappa shape index (κ1) is 23.7. The molecule has 0 aromatic rings.